The Morgan fingerprint density at radius 1 is 1.24 bits per heavy atom. The van der Waals surface area contributed by atoms with E-state index < -0.39 is 0 Å². The first-order chi connectivity index (χ1) is 10.3. The second kappa shape index (κ2) is 5.46. The Bertz CT molecular complexity index is 656. The number of nitrogens with zero attached hydrogens (tertiary/aromatic N) is 2. The summed E-state index contributed by atoms with van der Waals surface area (Å²) in [6, 6.07) is 6.10. The molecule has 21 heavy (non-hydrogen) atoms. The summed E-state index contributed by atoms with van der Waals surface area (Å²) in [5.74, 6) is 1.46. The summed E-state index contributed by atoms with van der Waals surface area (Å²) < 4.78 is 5.80. The van der Waals surface area contributed by atoms with Crippen LogP contribution in [0.25, 0.3) is 0 Å². The molecule has 0 radical (unpaired) electrons. The van der Waals surface area contributed by atoms with Crippen LogP contribution >= 0.6 is 22.9 Å². The Morgan fingerprint density at radius 3 is 3.00 bits per heavy atom. The third-order valence-electron chi connectivity index (χ3n) is 3.92. The zero-order chi connectivity index (χ0) is 14.2. The first kappa shape index (κ1) is 13.3. The number of fused-ring (bicyclic) bond motifs is 1. The van der Waals surface area contributed by atoms with Gasteiger partial charge in [0.05, 0.1) is 17.7 Å². The lowest BCUT2D eigenvalue weighted by Crippen LogP contribution is -2.10. The van der Waals surface area contributed by atoms with E-state index in [4.69, 9.17) is 16.3 Å². The van der Waals surface area contributed by atoms with Gasteiger partial charge < -0.3 is 10.1 Å². The number of anilines is 1. The lowest BCUT2D eigenvalue weighted by atomic mass is 10.0. The van der Waals surface area contributed by atoms with Crippen LogP contribution in [0.1, 0.15) is 48.2 Å². The fourth-order valence-electron chi connectivity index (χ4n) is 2.66. The Kier molecular flexibility index (Phi) is 3.47. The molecule has 6 heteroatoms. The van der Waals surface area contributed by atoms with Crippen LogP contribution in [0.3, 0.4) is 0 Å². The fraction of sp³-hybridized carbons (Fsp3) is 0.467. The van der Waals surface area contributed by atoms with Crippen LogP contribution in [0, 0.1) is 0 Å². The molecule has 2 aliphatic rings. The molecule has 0 bridgehead atoms. The predicted octanol–water partition coefficient (Wildman–Crippen LogP) is 4.39. The summed E-state index contributed by atoms with van der Waals surface area (Å²) >= 11 is 7.93. The van der Waals surface area contributed by atoms with Gasteiger partial charge in [0.1, 0.15) is 10.8 Å². The van der Waals surface area contributed by atoms with E-state index in [0.717, 1.165) is 34.3 Å². The molecule has 1 aromatic carbocycles. The molecule has 0 spiro atoms. The molecule has 2 heterocycles. The van der Waals surface area contributed by atoms with Crippen molar-refractivity contribution in [2.75, 3.05) is 11.9 Å². The standard InChI is InChI=1S/C15H16ClN3OS/c16-11-4-1-3-10-12(5-2-8-20-13(10)11)17-15-19-18-14(21-15)9-6-7-9/h1,3-4,9,12H,2,5-8H2,(H,17,19). The summed E-state index contributed by atoms with van der Waals surface area (Å²) in [4.78, 5) is 0. The highest BCUT2D eigenvalue weighted by Gasteiger charge is 2.28. The van der Waals surface area contributed by atoms with Gasteiger partial charge in [0.2, 0.25) is 5.13 Å². The van der Waals surface area contributed by atoms with Crippen LogP contribution in [0.2, 0.25) is 5.02 Å². The molecule has 1 unspecified atom stereocenters. The van der Waals surface area contributed by atoms with Crippen molar-refractivity contribution in [2.45, 2.75) is 37.6 Å². The van der Waals surface area contributed by atoms with Crippen LogP contribution < -0.4 is 10.1 Å². The molecule has 110 valence electrons. The van der Waals surface area contributed by atoms with Crippen molar-refractivity contribution in [2.24, 2.45) is 0 Å². The van der Waals surface area contributed by atoms with E-state index in [1.807, 2.05) is 12.1 Å². The number of benzene rings is 1. The van der Waals surface area contributed by atoms with Gasteiger partial charge in [0.15, 0.2) is 0 Å². The molecular formula is C15H16ClN3OS. The van der Waals surface area contributed by atoms with Crippen molar-refractivity contribution in [3.8, 4) is 5.75 Å². The van der Waals surface area contributed by atoms with Crippen LogP contribution in [0.15, 0.2) is 18.2 Å². The van der Waals surface area contributed by atoms with Crippen molar-refractivity contribution in [1.29, 1.82) is 0 Å². The molecule has 0 saturated heterocycles. The van der Waals surface area contributed by atoms with Crippen LogP contribution in [-0.2, 0) is 0 Å². The number of nitrogens with one attached hydrogen (secondary N) is 1. The van der Waals surface area contributed by atoms with E-state index in [1.54, 1.807) is 11.3 Å². The van der Waals surface area contributed by atoms with E-state index in [0.29, 0.717) is 17.5 Å². The van der Waals surface area contributed by atoms with E-state index in [9.17, 15) is 0 Å². The number of rotatable bonds is 3. The number of halogens is 1. The molecule has 1 aromatic heterocycles. The second-order valence-electron chi connectivity index (χ2n) is 5.57. The van der Waals surface area contributed by atoms with Gasteiger partial charge in [-0.2, -0.15) is 0 Å². The SMILES string of the molecule is Clc1cccc2c1OCCCC2Nc1nnc(C2CC2)s1. The smallest absolute Gasteiger partial charge is 0.206 e. The minimum atomic E-state index is 0.182. The van der Waals surface area contributed by atoms with Gasteiger partial charge in [0.25, 0.3) is 0 Å². The number of ether oxygens (including phenoxy) is 1. The maximum atomic E-state index is 6.26. The van der Waals surface area contributed by atoms with Crippen LogP contribution in [-0.4, -0.2) is 16.8 Å². The monoisotopic (exact) mass is 321 g/mol. The molecule has 1 atom stereocenters. The van der Waals surface area contributed by atoms with E-state index in [1.165, 1.54) is 12.8 Å². The average Bonchev–Trinajstić information content (AvgIpc) is 3.26. The summed E-state index contributed by atoms with van der Waals surface area (Å²) in [7, 11) is 0. The van der Waals surface area contributed by atoms with Gasteiger partial charge in [0, 0.05) is 11.5 Å². The molecule has 1 aliphatic carbocycles. The number of para-hydroxylation sites is 1. The first-order valence-corrected chi connectivity index (χ1v) is 8.52. The van der Waals surface area contributed by atoms with Crippen molar-refractivity contribution < 1.29 is 4.74 Å². The molecule has 1 aliphatic heterocycles. The van der Waals surface area contributed by atoms with Crippen LogP contribution in [0.4, 0.5) is 5.13 Å². The molecule has 1 saturated carbocycles. The summed E-state index contributed by atoms with van der Waals surface area (Å²) in [5.41, 5.74) is 1.11. The third-order valence-corrected chi connectivity index (χ3v) is 5.24. The van der Waals surface area contributed by atoms with Crippen molar-refractivity contribution in [1.82, 2.24) is 10.2 Å². The number of aromatic nitrogens is 2. The van der Waals surface area contributed by atoms with Crippen molar-refractivity contribution >= 4 is 28.1 Å². The third kappa shape index (κ3) is 2.72. The van der Waals surface area contributed by atoms with Crippen molar-refractivity contribution in [3.63, 3.8) is 0 Å². The van der Waals surface area contributed by atoms with Crippen LogP contribution in [0.5, 0.6) is 5.75 Å². The predicted molar refractivity (Wildman–Crippen MR) is 84.4 cm³/mol. The first-order valence-electron chi connectivity index (χ1n) is 7.32. The Balaban J connectivity index is 1.60. The molecule has 1 fully saturated rings. The van der Waals surface area contributed by atoms with Gasteiger partial charge in [-0.15, -0.1) is 10.2 Å². The number of hydrogen-bond acceptors (Lipinski definition) is 5. The second-order valence-corrected chi connectivity index (χ2v) is 6.98. The highest BCUT2D eigenvalue weighted by molar-refractivity contribution is 7.15. The average molecular weight is 322 g/mol. The van der Waals surface area contributed by atoms with Crippen molar-refractivity contribution in [3.05, 3.63) is 33.8 Å². The lowest BCUT2D eigenvalue weighted by molar-refractivity contribution is 0.316. The highest BCUT2D eigenvalue weighted by Crippen LogP contribution is 2.43. The van der Waals surface area contributed by atoms with Gasteiger partial charge in [-0.25, -0.2) is 0 Å². The van der Waals surface area contributed by atoms with Gasteiger partial charge in [-0.05, 0) is 31.7 Å². The number of hydrogen-bond donors (Lipinski definition) is 1. The zero-order valence-corrected chi connectivity index (χ0v) is 13.1. The Labute approximate surface area is 132 Å². The molecule has 4 nitrogen and oxygen atoms in total. The molecule has 4 rings (SSSR count). The summed E-state index contributed by atoms with van der Waals surface area (Å²) in [5, 5.41) is 14.8. The van der Waals surface area contributed by atoms with Gasteiger partial charge >= 0.3 is 0 Å². The topological polar surface area (TPSA) is 47.0 Å². The van der Waals surface area contributed by atoms with Gasteiger partial charge in [-0.3, -0.25) is 0 Å². The minimum absolute atomic E-state index is 0.182. The maximum Gasteiger partial charge on any atom is 0.206 e. The van der Waals surface area contributed by atoms with E-state index in [-0.39, 0.29) is 6.04 Å². The molecule has 1 N–H and O–H groups in total. The lowest BCUT2D eigenvalue weighted by Gasteiger charge is -2.18. The largest absolute Gasteiger partial charge is 0.492 e. The zero-order valence-electron chi connectivity index (χ0n) is 11.5. The molecular weight excluding hydrogens is 306 g/mol. The van der Waals surface area contributed by atoms with Gasteiger partial charge in [-0.1, -0.05) is 35.1 Å². The summed E-state index contributed by atoms with van der Waals surface area (Å²) in [6.07, 6.45) is 4.51. The maximum absolute atomic E-state index is 6.26. The Morgan fingerprint density at radius 2 is 2.14 bits per heavy atom. The highest BCUT2D eigenvalue weighted by atomic mass is 35.5. The fourth-order valence-corrected chi connectivity index (χ4v) is 3.86. The summed E-state index contributed by atoms with van der Waals surface area (Å²) in [6.45, 7) is 0.707. The molecule has 2 aromatic rings. The van der Waals surface area contributed by atoms with E-state index >= 15 is 0 Å². The normalized spacial score (nSPS) is 21.3. The quantitative estimate of drug-likeness (QED) is 0.910. The molecule has 0 amide bonds. The minimum Gasteiger partial charge on any atom is -0.492 e. The Hall–Kier alpha value is -1.33. The van der Waals surface area contributed by atoms with E-state index in [2.05, 4.69) is 21.6 Å².